The second-order valence-electron chi connectivity index (χ2n) is 7.78. The van der Waals surface area contributed by atoms with Crippen LogP contribution in [0.4, 0.5) is 13.2 Å². The van der Waals surface area contributed by atoms with E-state index in [1.807, 2.05) is 0 Å². The first-order valence-corrected chi connectivity index (χ1v) is 11.3. The van der Waals surface area contributed by atoms with Gasteiger partial charge in [0, 0.05) is 22.7 Å². The Kier molecular flexibility index (Phi) is 7.39. The van der Waals surface area contributed by atoms with Crippen LogP contribution >= 0.6 is 23.2 Å². The van der Waals surface area contributed by atoms with Crippen molar-refractivity contribution in [3.05, 3.63) is 80.7 Å². The number of hydrogen-bond acceptors (Lipinski definition) is 6. The van der Waals surface area contributed by atoms with Gasteiger partial charge in [-0.3, -0.25) is 9.36 Å². The molecule has 0 radical (unpaired) electrons. The van der Waals surface area contributed by atoms with E-state index in [4.69, 9.17) is 23.2 Å². The zero-order chi connectivity index (χ0) is 26.9. The van der Waals surface area contributed by atoms with Crippen molar-refractivity contribution in [3.63, 3.8) is 0 Å². The molecule has 194 valence electrons. The molecule has 2 heterocycles. The minimum atomic E-state index is -4.94. The van der Waals surface area contributed by atoms with Crippen LogP contribution in [-0.2, 0) is 13.1 Å². The molecule has 10 nitrogen and oxygen atoms in total. The topological polar surface area (TPSA) is 120 Å². The first-order chi connectivity index (χ1) is 17.5. The maximum atomic E-state index is 13.0. The first-order valence-electron chi connectivity index (χ1n) is 10.6. The molecule has 0 saturated heterocycles. The van der Waals surface area contributed by atoms with Gasteiger partial charge in [-0.15, -0.1) is 10.2 Å². The number of carbonyl (C=O) groups is 1. The van der Waals surface area contributed by atoms with Gasteiger partial charge in [0.05, 0.1) is 17.8 Å². The van der Waals surface area contributed by atoms with Crippen molar-refractivity contribution in [2.24, 2.45) is 0 Å². The molecule has 1 atom stereocenters. The van der Waals surface area contributed by atoms with Crippen molar-refractivity contribution in [2.45, 2.75) is 25.4 Å². The van der Waals surface area contributed by atoms with Crippen LogP contribution in [0.3, 0.4) is 0 Å². The third-order valence-electron chi connectivity index (χ3n) is 5.27. The van der Waals surface area contributed by atoms with Crippen LogP contribution in [0, 0.1) is 0 Å². The summed E-state index contributed by atoms with van der Waals surface area (Å²) in [5, 5.41) is 21.3. The molecule has 0 aliphatic heterocycles. The van der Waals surface area contributed by atoms with E-state index in [0.717, 1.165) is 9.25 Å². The number of carbonyl (C=O) groups excluding carboxylic acids is 1. The Morgan fingerprint density at radius 1 is 1.11 bits per heavy atom. The highest BCUT2D eigenvalue weighted by Gasteiger charge is 2.39. The molecule has 4 aromatic rings. The number of aliphatic hydroxyl groups is 1. The molecule has 0 fully saturated rings. The van der Waals surface area contributed by atoms with E-state index in [1.165, 1.54) is 48.4 Å². The van der Waals surface area contributed by atoms with Gasteiger partial charge in [-0.1, -0.05) is 23.2 Å². The van der Waals surface area contributed by atoms with E-state index >= 15 is 0 Å². The third kappa shape index (κ3) is 5.68. The molecular weight excluding hydrogens is 538 g/mol. The van der Waals surface area contributed by atoms with E-state index in [1.54, 1.807) is 12.1 Å². The van der Waals surface area contributed by atoms with E-state index in [0.29, 0.717) is 21.3 Å². The lowest BCUT2D eigenvalue weighted by molar-refractivity contribution is -0.207. The molecule has 0 aliphatic carbocycles. The summed E-state index contributed by atoms with van der Waals surface area (Å²) in [6.45, 7) is -1.37. The predicted octanol–water partition coefficient (Wildman–Crippen LogP) is 2.93. The summed E-state index contributed by atoms with van der Waals surface area (Å²) < 4.78 is 42.0. The SMILES string of the molecule is CNC(=O)c1cc(Cl)ccc1-n1cnc(Cn2nc(-c3ccc(Cl)cc3)n(C[C@H](O)C(F)(F)F)c2=O)n1. The van der Waals surface area contributed by atoms with E-state index < -0.39 is 30.4 Å². The van der Waals surface area contributed by atoms with Crippen molar-refractivity contribution in [1.29, 1.82) is 0 Å². The van der Waals surface area contributed by atoms with Crippen molar-refractivity contribution >= 4 is 29.1 Å². The minimum Gasteiger partial charge on any atom is -0.382 e. The fraction of sp³-hybridized carbons (Fsp3) is 0.227. The average Bonchev–Trinajstić information content (AvgIpc) is 3.44. The Balaban J connectivity index is 1.71. The van der Waals surface area contributed by atoms with Gasteiger partial charge >= 0.3 is 11.9 Å². The van der Waals surface area contributed by atoms with Crippen molar-refractivity contribution in [1.82, 2.24) is 34.4 Å². The summed E-state index contributed by atoms with van der Waals surface area (Å²) in [5.41, 5.74) is -0.0266. The van der Waals surface area contributed by atoms with Gasteiger partial charge in [-0.05, 0) is 42.5 Å². The van der Waals surface area contributed by atoms with Crippen LogP contribution in [-0.4, -0.2) is 59.5 Å². The molecule has 0 spiro atoms. The van der Waals surface area contributed by atoms with Crippen molar-refractivity contribution in [2.75, 3.05) is 7.05 Å². The molecular formula is C22H18Cl2F3N7O3. The maximum Gasteiger partial charge on any atom is 0.416 e. The minimum absolute atomic E-state index is 0.0867. The van der Waals surface area contributed by atoms with Crippen molar-refractivity contribution < 1.29 is 23.1 Å². The second-order valence-corrected chi connectivity index (χ2v) is 8.66. The number of alkyl halides is 3. The molecule has 0 saturated carbocycles. The van der Waals surface area contributed by atoms with Gasteiger partial charge in [-0.2, -0.15) is 13.2 Å². The van der Waals surface area contributed by atoms with Crippen molar-refractivity contribution in [3.8, 4) is 17.1 Å². The number of nitrogens with one attached hydrogen (secondary N) is 1. The average molecular weight is 556 g/mol. The molecule has 1 amide bonds. The van der Waals surface area contributed by atoms with E-state index in [9.17, 15) is 27.9 Å². The number of nitrogens with zero attached hydrogens (tertiary/aromatic N) is 6. The highest BCUT2D eigenvalue weighted by molar-refractivity contribution is 6.31. The molecule has 0 aliphatic rings. The Hall–Kier alpha value is -3.68. The van der Waals surface area contributed by atoms with Crippen LogP contribution in [0.2, 0.25) is 10.0 Å². The number of amides is 1. The summed E-state index contributed by atoms with van der Waals surface area (Å²) in [7, 11) is 1.45. The summed E-state index contributed by atoms with van der Waals surface area (Å²) in [6.07, 6.45) is -6.43. The maximum absolute atomic E-state index is 13.0. The zero-order valence-corrected chi connectivity index (χ0v) is 20.5. The summed E-state index contributed by atoms with van der Waals surface area (Å²) in [6, 6.07) is 10.5. The lowest BCUT2D eigenvalue weighted by atomic mass is 10.1. The monoisotopic (exact) mass is 555 g/mol. The van der Waals surface area contributed by atoms with Gasteiger partial charge < -0.3 is 10.4 Å². The molecule has 0 unspecified atom stereocenters. The largest absolute Gasteiger partial charge is 0.416 e. The standard InChI is InChI=1S/C22H18Cl2F3N7O3/c1-28-20(36)15-8-14(24)6-7-16(15)34-11-29-18(30-34)10-33-21(37)32(9-17(35)22(25,26)27)19(31-33)12-2-4-13(23)5-3-12/h2-8,11,17,35H,9-10H2,1H3,(H,28,36)/t17-/m0/s1. The van der Waals surface area contributed by atoms with E-state index in [-0.39, 0.29) is 23.8 Å². The normalized spacial score (nSPS) is 12.5. The Morgan fingerprint density at radius 2 is 1.78 bits per heavy atom. The fourth-order valence-corrected chi connectivity index (χ4v) is 3.74. The highest BCUT2D eigenvalue weighted by atomic mass is 35.5. The lowest BCUT2D eigenvalue weighted by Gasteiger charge is -2.15. The highest BCUT2D eigenvalue weighted by Crippen LogP contribution is 2.24. The summed E-state index contributed by atoms with van der Waals surface area (Å²) in [4.78, 5) is 29.4. The van der Waals surface area contributed by atoms with Gasteiger partial charge in [-0.25, -0.2) is 19.1 Å². The smallest absolute Gasteiger partial charge is 0.382 e. The molecule has 4 rings (SSSR count). The molecule has 15 heteroatoms. The quantitative estimate of drug-likeness (QED) is 0.362. The lowest BCUT2D eigenvalue weighted by Crippen LogP contribution is -2.37. The molecule has 2 N–H and O–H groups in total. The van der Waals surface area contributed by atoms with E-state index in [2.05, 4.69) is 20.5 Å². The number of halogens is 5. The van der Waals surface area contributed by atoms with Gasteiger partial charge in [0.1, 0.15) is 12.9 Å². The van der Waals surface area contributed by atoms with Gasteiger partial charge in [0.15, 0.2) is 17.8 Å². The van der Waals surface area contributed by atoms with Crippen LogP contribution in [0.1, 0.15) is 16.2 Å². The second kappa shape index (κ2) is 10.4. The number of rotatable bonds is 7. The third-order valence-corrected chi connectivity index (χ3v) is 5.75. The number of hydrogen-bond donors (Lipinski definition) is 2. The summed E-state index contributed by atoms with van der Waals surface area (Å²) in [5.74, 6) is -0.437. The molecule has 2 aromatic heterocycles. The Labute approximate surface area is 216 Å². The number of benzene rings is 2. The Bertz CT molecular complexity index is 1500. The molecule has 0 bridgehead atoms. The molecule has 2 aromatic carbocycles. The van der Waals surface area contributed by atoms with Crippen LogP contribution in [0.5, 0.6) is 0 Å². The van der Waals surface area contributed by atoms with Gasteiger partial charge in [0.25, 0.3) is 5.91 Å². The summed E-state index contributed by atoms with van der Waals surface area (Å²) >= 11 is 11.9. The zero-order valence-electron chi connectivity index (χ0n) is 18.9. The van der Waals surface area contributed by atoms with Gasteiger partial charge in [0.2, 0.25) is 0 Å². The predicted molar refractivity (Wildman–Crippen MR) is 128 cm³/mol. The first kappa shape index (κ1) is 26.4. The van der Waals surface area contributed by atoms with Crippen LogP contribution in [0.15, 0.2) is 53.6 Å². The van der Waals surface area contributed by atoms with Crippen LogP contribution in [0.25, 0.3) is 17.1 Å². The fourth-order valence-electron chi connectivity index (χ4n) is 3.44. The van der Waals surface area contributed by atoms with Crippen LogP contribution < -0.4 is 11.0 Å². The molecule has 37 heavy (non-hydrogen) atoms. The number of aromatic nitrogens is 6. The Morgan fingerprint density at radius 3 is 2.43 bits per heavy atom. The number of aliphatic hydroxyl groups excluding tert-OH is 1.